The third kappa shape index (κ3) is 3.38. The van der Waals surface area contributed by atoms with Crippen molar-refractivity contribution in [3.63, 3.8) is 0 Å². The fraction of sp³-hybridized carbons (Fsp3) is 0.588. The Morgan fingerprint density at radius 1 is 1.33 bits per heavy atom. The summed E-state index contributed by atoms with van der Waals surface area (Å²) in [6.07, 6.45) is 4.50. The number of amides is 1. The summed E-state index contributed by atoms with van der Waals surface area (Å²) in [5.74, 6) is 0.796. The highest BCUT2D eigenvalue weighted by molar-refractivity contribution is 5.85. The number of hydrogen-bond acceptors (Lipinski definition) is 3. The summed E-state index contributed by atoms with van der Waals surface area (Å²) in [5, 5.41) is 3.04. The van der Waals surface area contributed by atoms with Gasteiger partial charge in [0.15, 0.2) is 0 Å². The van der Waals surface area contributed by atoms with Crippen LogP contribution < -0.4 is 15.8 Å². The highest BCUT2D eigenvalue weighted by atomic mass is 16.5. The number of rotatable bonds is 5. The minimum absolute atomic E-state index is 0.0342. The van der Waals surface area contributed by atoms with E-state index in [1.807, 2.05) is 18.2 Å². The molecule has 4 heteroatoms. The molecular weight excluding hydrogens is 264 g/mol. The van der Waals surface area contributed by atoms with E-state index in [4.69, 9.17) is 10.5 Å². The molecule has 1 amide bonds. The van der Waals surface area contributed by atoms with E-state index in [0.717, 1.165) is 18.6 Å². The van der Waals surface area contributed by atoms with Crippen LogP contribution in [-0.4, -0.2) is 25.1 Å². The van der Waals surface area contributed by atoms with Crippen molar-refractivity contribution in [3.8, 4) is 5.75 Å². The van der Waals surface area contributed by atoms with Gasteiger partial charge in [-0.15, -0.1) is 0 Å². The Labute approximate surface area is 127 Å². The van der Waals surface area contributed by atoms with E-state index >= 15 is 0 Å². The summed E-state index contributed by atoms with van der Waals surface area (Å²) in [6.45, 7) is 4.08. The van der Waals surface area contributed by atoms with Crippen molar-refractivity contribution in [2.45, 2.75) is 50.5 Å². The van der Waals surface area contributed by atoms with Crippen LogP contribution in [0.5, 0.6) is 5.75 Å². The monoisotopic (exact) mass is 290 g/mol. The number of para-hydroxylation sites is 1. The minimum atomic E-state index is -0.847. The zero-order valence-corrected chi connectivity index (χ0v) is 13.2. The lowest BCUT2D eigenvalue weighted by Crippen LogP contribution is -2.52. The van der Waals surface area contributed by atoms with Gasteiger partial charge in [-0.25, -0.2) is 0 Å². The van der Waals surface area contributed by atoms with Gasteiger partial charge in [0.1, 0.15) is 5.75 Å². The molecule has 1 aromatic carbocycles. The van der Waals surface area contributed by atoms with Crippen LogP contribution in [-0.2, 0) is 10.2 Å². The van der Waals surface area contributed by atoms with E-state index < -0.39 is 5.54 Å². The van der Waals surface area contributed by atoms with Crippen LogP contribution in [0.15, 0.2) is 24.3 Å². The number of hydrogen-bond donors (Lipinski definition) is 2. The predicted octanol–water partition coefficient (Wildman–Crippen LogP) is 2.36. The van der Waals surface area contributed by atoms with E-state index in [2.05, 4.69) is 11.4 Å². The molecule has 0 heterocycles. The van der Waals surface area contributed by atoms with Crippen molar-refractivity contribution in [1.29, 1.82) is 0 Å². The maximum atomic E-state index is 12.1. The molecule has 0 bridgehead atoms. The number of benzene rings is 1. The fourth-order valence-corrected chi connectivity index (χ4v) is 3.15. The molecule has 0 aromatic heterocycles. The highest BCUT2D eigenvalue weighted by Gasteiger charge is 2.38. The SMILES string of the molecule is COc1ccccc1C1(CNC(=O)C(C)(C)N)CCCC1. The molecule has 2 rings (SSSR count). The van der Waals surface area contributed by atoms with Gasteiger partial charge in [-0.3, -0.25) is 4.79 Å². The van der Waals surface area contributed by atoms with Crippen molar-refractivity contribution in [2.75, 3.05) is 13.7 Å². The largest absolute Gasteiger partial charge is 0.496 e. The Kier molecular flexibility index (Phi) is 4.57. The number of nitrogens with two attached hydrogens (primary N) is 1. The van der Waals surface area contributed by atoms with Gasteiger partial charge in [-0.2, -0.15) is 0 Å². The van der Waals surface area contributed by atoms with Crippen molar-refractivity contribution in [1.82, 2.24) is 5.32 Å². The topological polar surface area (TPSA) is 64.3 Å². The van der Waals surface area contributed by atoms with Crippen LogP contribution >= 0.6 is 0 Å². The van der Waals surface area contributed by atoms with Gasteiger partial charge in [-0.1, -0.05) is 31.0 Å². The lowest BCUT2D eigenvalue weighted by atomic mass is 9.78. The van der Waals surface area contributed by atoms with Gasteiger partial charge >= 0.3 is 0 Å². The third-order valence-electron chi connectivity index (χ3n) is 4.41. The zero-order chi connectivity index (χ0) is 15.5. The van der Waals surface area contributed by atoms with Crippen LogP contribution in [0.4, 0.5) is 0 Å². The molecule has 1 saturated carbocycles. The molecule has 0 saturated heterocycles. The van der Waals surface area contributed by atoms with E-state index in [-0.39, 0.29) is 11.3 Å². The molecule has 4 nitrogen and oxygen atoms in total. The number of ether oxygens (including phenoxy) is 1. The molecule has 3 N–H and O–H groups in total. The average molecular weight is 290 g/mol. The fourth-order valence-electron chi connectivity index (χ4n) is 3.15. The number of carbonyl (C=O) groups is 1. The van der Waals surface area contributed by atoms with Gasteiger partial charge in [0.2, 0.25) is 5.91 Å². The van der Waals surface area contributed by atoms with Gasteiger partial charge in [0, 0.05) is 17.5 Å². The zero-order valence-electron chi connectivity index (χ0n) is 13.2. The van der Waals surface area contributed by atoms with Crippen LogP contribution in [0.1, 0.15) is 45.1 Å². The maximum absolute atomic E-state index is 12.1. The summed E-state index contributed by atoms with van der Waals surface area (Å²) in [4.78, 5) is 12.1. The lowest BCUT2D eigenvalue weighted by Gasteiger charge is -2.32. The third-order valence-corrected chi connectivity index (χ3v) is 4.41. The van der Waals surface area contributed by atoms with E-state index in [1.165, 1.54) is 18.4 Å². The Bertz CT molecular complexity index is 500. The molecule has 21 heavy (non-hydrogen) atoms. The van der Waals surface area contributed by atoms with Crippen LogP contribution in [0, 0.1) is 0 Å². The smallest absolute Gasteiger partial charge is 0.239 e. The quantitative estimate of drug-likeness (QED) is 0.875. The van der Waals surface area contributed by atoms with Crippen molar-refractivity contribution in [3.05, 3.63) is 29.8 Å². The first kappa shape index (κ1) is 15.8. The molecule has 0 aliphatic heterocycles. The Hall–Kier alpha value is -1.55. The Balaban J connectivity index is 2.23. The van der Waals surface area contributed by atoms with Crippen molar-refractivity contribution in [2.24, 2.45) is 5.73 Å². The van der Waals surface area contributed by atoms with Crippen LogP contribution in [0.2, 0.25) is 0 Å². The second-order valence-corrected chi connectivity index (χ2v) is 6.59. The Morgan fingerprint density at radius 2 is 1.95 bits per heavy atom. The van der Waals surface area contributed by atoms with Gasteiger partial charge in [0.05, 0.1) is 12.6 Å². The molecule has 0 spiro atoms. The first-order chi connectivity index (χ1) is 9.89. The van der Waals surface area contributed by atoms with E-state index in [1.54, 1.807) is 21.0 Å². The maximum Gasteiger partial charge on any atom is 0.239 e. The standard InChI is InChI=1S/C17H26N2O2/c1-16(2,18)15(20)19-12-17(10-6-7-11-17)13-8-4-5-9-14(13)21-3/h4-5,8-9H,6-7,10-12,18H2,1-3H3,(H,19,20). The second kappa shape index (κ2) is 6.06. The summed E-state index contributed by atoms with van der Waals surface area (Å²) < 4.78 is 5.52. The van der Waals surface area contributed by atoms with Crippen LogP contribution in [0.25, 0.3) is 0 Å². The van der Waals surface area contributed by atoms with E-state index in [9.17, 15) is 4.79 Å². The summed E-state index contributed by atoms with van der Waals surface area (Å²) in [5.41, 5.74) is 6.18. The van der Waals surface area contributed by atoms with Gasteiger partial charge in [-0.05, 0) is 32.8 Å². The average Bonchev–Trinajstić information content (AvgIpc) is 2.93. The number of nitrogens with one attached hydrogen (secondary N) is 1. The molecule has 0 radical (unpaired) electrons. The lowest BCUT2D eigenvalue weighted by molar-refractivity contribution is -0.125. The van der Waals surface area contributed by atoms with E-state index in [0.29, 0.717) is 6.54 Å². The molecule has 1 aromatic rings. The highest BCUT2D eigenvalue weighted by Crippen LogP contribution is 2.44. The molecule has 1 aliphatic rings. The normalized spacial score (nSPS) is 17.5. The molecule has 0 atom stereocenters. The number of methoxy groups -OCH3 is 1. The Morgan fingerprint density at radius 3 is 2.52 bits per heavy atom. The van der Waals surface area contributed by atoms with Crippen molar-refractivity contribution < 1.29 is 9.53 Å². The summed E-state index contributed by atoms with van der Waals surface area (Å²) in [6, 6.07) is 8.12. The van der Waals surface area contributed by atoms with Crippen molar-refractivity contribution >= 4 is 5.91 Å². The van der Waals surface area contributed by atoms with Gasteiger partial charge < -0.3 is 15.8 Å². The molecule has 1 fully saturated rings. The minimum Gasteiger partial charge on any atom is -0.496 e. The van der Waals surface area contributed by atoms with Gasteiger partial charge in [0.25, 0.3) is 0 Å². The first-order valence-electron chi connectivity index (χ1n) is 7.60. The molecular formula is C17H26N2O2. The summed E-state index contributed by atoms with van der Waals surface area (Å²) >= 11 is 0. The molecule has 0 unspecified atom stereocenters. The molecule has 1 aliphatic carbocycles. The number of carbonyl (C=O) groups excluding carboxylic acids is 1. The van der Waals surface area contributed by atoms with Crippen LogP contribution in [0.3, 0.4) is 0 Å². The summed E-state index contributed by atoms with van der Waals surface area (Å²) in [7, 11) is 1.70. The molecule has 116 valence electrons. The first-order valence-corrected chi connectivity index (χ1v) is 7.60. The second-order valence-electron chi connectivity index (χ2n) is 6.59. The predicted molar refractivity (Wildman–Crippen MR) is 84.4 cm³/mol.